The maximum absolute atomic E-state index is 6.11. The number of nitrogens with zero attached hydrogens (tertiary/aromatic N) is 3. The second kappa shape index (κ2) is 6.72. The Morgan fingerprint density at radius 3 is 2.55 bits per heavy atom. The van der Waals surface area contributed by atoms with Gasteiger partial charge in [0.05, 0.1) is 5.39 Å². The van der Waals surface area contributed by atoms with Crippen molar-refractivity contribution >= 4 is 39.0 Å². The summed E-state index contributed by atoms with van der Waals surface area (Å²) in [4.78, 5) is 12.2. The van der Waals surface area contributed by atoms with Crippen molar-refractivity contribution in [3.63, 3.8) is 0 Å². The zero-order valence-electron chi connectivity index (χ0n) is 12.6. The monoisotopic (exact) mass is 311 g/mol. The molecule has 5 heteroatoms. The van der Waals surface area contributed by atoms with Crippen molar-refractivity contribution in [1.29, 1.82) is 0 Å². The first-order chi connectivity index (χ1) is 9.56. The van der Waals surface area contributed by atoms with Gasteiger partial charge in [0.2, 0.25) is 5.28 Å². The Hall–Kier alpha value is -0.870. The van der Waals surface area contributed by atoms with Crippen molar-refractivity contribution in [2.45, 2.75) is 46.6 Å². The van der Waals surface area contributed by atoms with Gasteiger partial charge in [-0.15, -0.1) is 11.3 Å². The highest BCUT2D eigenvalue weighted by Crippen LogP contribution is 2.31. The third kappa shape index (κ3) is 3.23. The number of thiophene rings is 1. The molecular formula is C15H22ClN3S. The fourth-order valence-electron chi connectivity index (χ4n) is 2.56. The average Bonchev–Trinajstić information content (AvgIpc) is 2.85. The van der Waals surface area contributed by atoms with Gasteiger partial charge in [0, 0.05) is 12.6 Å². The Morgan fingerprint density at radius 2 is 1.95 bits per heavy atom. The zero-order valence-corrected chi connectivity index (χ0v) is 14.1. The molecule has 2 heterocycles. The van der Waals surface area contributed by atoms with E-state index in [1.165, 1.54) is 0 Å². The van der Waals surface area contributed by atoms with Crippen molar-refractivity contribution in [2.24, 2.45) is 5.92 Å². The Labute approximate surface area is 130 Å². The third-order valence-electron chi connectivity index (χ3n) is 3.49. The quantitative estimate of drug-likeness (QED) is 0.703. The molecule has 2 rings (SSSR count). The molecule has 0 amide bonds. The largest absolute Gasteiger partial charge is 0.353 e. The summed E-state index contributed by atoms with van der Waals surface area (Å²) < 4.78 is 0. The van der Waals surface area contributed by atoms with Crippen molar-refractivity contribution in [3.8, 4) is 0 Å². The normalized spacial score (nSPS) is 11.8. The predicted molar refractivity (Wildman–Crippen MR) is 89.0 cm³/mol. The van der Waals surface area contributed by atoms with Crippen molar-refractivity contribution in [3.05, 3.63) is 16.7 Å². The molecule has 0 radical (unpaired) electrons. The molecule has 0 saturated carbocycles. The Bertz CT molecular complexity index is 563. The minimum absolute atomic E-state index is 0.342. The van der Waals surface area contributed by atoms with E-state index in [1.807, 2.05) is 0 Å². The highest BCUT2D eigenvalue weighted by molar-refractivity contribution is 7.16. The predicted octanol–water partition coefficient (Wildman–Crippen LogP) is 5.00. The first kappa shape index (κ1) is 15.5. The minimum Gasteiger partial charge on any atom is -0.353 e. The zero-order chi connectivity index (χ0) is 14.7. The standard InChI is InChI=1S/C15H22ClN3S/c1-5-11(6-2)19(9-10(3)4)13-12-7-8-20-14(12)18-15(16)17-13/h7-8,10-11H,5-6,9H2,1-4H3. The van der Waals surface area contributed by atoms with Crippen molar-refractivity contribution in [2.75, 3.05) is 11.4 Å². The number of hydrogen-bond donors (Lipinski definition) is 0. The molecule has 0 aromatic carbocycles. The SMILES string of the molecule is CCC(CC)N(CC(C)C)c1nc(Cl)nc2sccc12. The number of fused-ring (bicyclic) bond motifs is 1. The van der Waals surface area contributed by atoms with Gasteiger partial charge in [0.25, 0.3) is 0 Å². The van der Waals surface area contributed by atoms with Gasteiger partial charge in [-0.2, -0.15) is 4.98 Å². The first-order valence-corrected chi connectivity index (χ1v) is 8.49. The summed E-state index contributed by atoms with van der Waals surface area (Å²) >= 11 is 7.73. The summed E-state index contributed by atoms with van der Waals surface area (Å²) in [6, 6.07) is 2.59. The lowest BCUT2D eigenvalue weighted by molar-refractivity contribution is 0.504. The fourth-order valence-corrected chi connectivity index (χ4v) is 3.54. The second-order valence-electron chi connectivity index (χ2n) is 5.47. The van der Waals surface area contributed by atoms with E-state index in [1.54, 1.807) is 11.3 Å². The highest BCUT2D eigenvalue weighted by Gasteiger charge is 2.21. The van der Waals surface area contributed by atoms with Crippen LogP contribution >= 0.6 is 22.9 Å². The molecule has 0 aliphatic rings. The molecule has 110 valence electrons. The minimum atomic E-state index is 0.342. The topological polar surface area (TPSA) is 29.0 Å². The molecule has 0 atom stereocenters. The summed E-state index contributed by atoms with van der Waals surface area (Å²) in [5, 5.41) is 3.52. The van der Waals surface area contributed by atoms with E-state index in [2.05, 4.69) is 54.0 Å². The molecule has 0 saturated heterocycles. The Kier molecular flexibility index (Phi) is 5.22. The average molecular weight is 312 g/mol. The molecule has 0 N–H and O–H groups in total. The van der Waals surface area contributed by atoms with Gasteiger partial charge in [0.15, 0.2) is 0 Å². The van der Waals surface area contributed by atoms with Crippen LogP contribution in [0.25, 0.3) is 10.2 Å². The first-order valence-electron chi connectivity index (χ1n) is 7.24. The molecule has 0 bridgehead atoms. The van der Waals surface area contributed by atoms with E-state index in [-0.39, 0.29) is 0 Å². The number of aromatic nitrogens is 2. The van der Waals surface area contributed by atoms with Gasteiger partial charge < -0.3 is 4.90 Å². The second-order valence-corrected chi connectivity index (χ2v) is 6.70. The smallest absolute Gasteiger partial charge is 0.225 e. The van der Waals surface area contributed by atoms with Gasteiger partial charge >= 0.3 is 0 Å². The summed E-state index contributed by atoms with van der Waals surface area (Å²) in [5.41, 5.74) is 0. The third-order valence-corrected chi connectivity index (χ3v) is 4.47. The van der Waals surface area contributed by atoms with Gasteiger partial charge in [-0.3, -0.25) is 0 Å². The summed E-state index contributed by atoms with van der Waals surface area (Å²) in [6.45, 7) is 9.93. The van der Waals surface area contributed by atoms with Crippen LogP contribution in [0.1, 0.15) is 40.5 Å². The highest BCUT2D eigenvalue weighted by atomic mass is 35.5. The fraction of sp³-hybridized carbons (Fsp3) is 0.600. The maximum Gasteiger partial charge on any atom is 0.225 e. The van der Waals surface area contributed by atoms with Gasteiger partial charge in [0.1, 0.15) is 10.6 Å². The molecule has 0 unspecified atom stereocenters. The summed E-state index contributed by atoms with van der Waals surface area (Å²) in [5.74, 6) is 1.57. The number of halogens is 1. The summed E-state index contributed by atoms with van der Waals surface area (Å²) in [6.07, 6.45) is 2.22. The van der Waals surface area contributed by atoms with Crippen LogP contribution in [0, 0.1) is 5.92 Å². The van der Waals surface area contributed by atoms with E-state index in [0.29, 0.717) is 17.2 Å². The van der Waals surface area contributed by atoms with E-state index in [4.69, 9.17) is 11.6 Å². The molecule has 20 heavy (non-hydrogen) atoms. The molecule has 2 aromatic heterocycles. The number of hydrogen-bond acceptors (Lipinski definition) is 4. The lowest BCUT2D eigenvalue weighted by Crippen LogP contribution is -2.38. The lowest BCUT2D eigenvalue weighted by Gasteiger charge is -2.33. The molecule has 0 fully saturated rings. The molecular weight excluding hydrogens is 290 g/mol. The molecule has 0 aliphatic carbocycles. The number of rotatable bonds is 6. The van der Waals surface area contributed by atoms with E-state index in [0.717, 1.165) is 35.4 Å². The van der Waals surface area contributed by atoms with Crippen LogP contribution in [0.5, 0.6) is 0 Å². The van der Waals surface area contributed by atoms with Crippen molar-refractivity contribution < 1.29 is 0 Å². The summed E-state index contributed by atoms with van der Waals surface area (Å²) in [7, 11) is 0. The lowest BCUT2D eigenvalue weighted by atomic mass is 10.1. The Morgan fingerprint density at radius 1 is 1.25 bits per heavy atom. The van der Waals surface area contributed by atoms with Gasteiger partial charge in [-0.05, 0) is 41.8 Å². The van der Waals surface area contributed by atoms with Crippen LogP contribution in [0.2, 0.25) is 5.28 Å². The molecule has 0 aliphatic heterocycles. The van der Waals surface area contributed by atoms with E-state index in [9.17, 15) is 0 Å². The van der Waals surface area contributed by atoms with Crippen LogP contribution in [0.15, 0.2) is 11.4 Å². The van der Waals surface area contributed by atoms with Crippen LogP contribution < -0.4 is 4.90 Å². The van der Waals surface area contributed by atoms with Crippen LogP contribution in [0.4, 0.5) is 5.82 Å². The van der Waals surface area contributed by atoms with E-state index < -0.39 is 0 Å². The van der Waals surface area contributed by atoms with E-state index >= 15 is 0 Å². The van der Waals surface area contributed by atoms with Gasteiger partial charge in [-0.1, -0.05) is 27.7 Å². The van der Waals surface area contributed by atoms with Crippen LogP contribution in [-0.2, 0) is 0 Å². The van der Waals surface area contributed by atoms with Crippen LogP contribution in [-0.4, -0.2) is 22.6 Å². The Balaban J connectivity index is 2.51. The maximum atomic E-state index is 6.11. The molecule has 2 aromatic rings. The molecule has 0 spiro atoms. The van der Waals surface area contributed by atoms with Crippen LogP contribution in [0.3, 0.4) is 0 Å². The van der Waals surface area contributed by atoms with Crippen molar-refractivity contribution in [1.82, 2.24) is 9.97 Å². The molecule has 3 nitrogen and oxygen atoms in total. The number of anilines is 1. The van der Waals surface area contributed by atoms with Gasteiger partial charge in [-0.25, -0.2) is 4.98 Å².